The van der Waals surface area contributed by atoms with E-state index < -0.39 is 0 Å². The number of hydrogen-bond acceptors (Lipinski definition) is 11. The summed E-state index contributed by atoms with van der Waals surface area (Å²) in [5.74, 6) is 1.20. The van der Waals surface area contributed by atoms with E-state index in [-0.39, 0.29) is 31.1 Å². The molecule has 0 saturated carbocycles. The molecule has 0 aliphatic carbocycles. The van der Waals surface area contributed by atoms with Crippen molar-refractivity contribution < 1.29 is 19.7 Å². The first kappa shape index (κ1) is 29.9. The van der Waals surface area contributed by atoms with Gasteiger partial charge in [0.25, 0.3) is 0 Å². The average molecular weight is 635 g/mol. The SMILES string of the molecule is COc1nc(-c2cccc(-c3cccc(-c4cnc(C5=NC[C@H](CO)N5)c(OC)n4)c3Cl)c2Cl)cnc1C1=NC[C@H](CO)C1. The Hall–Kier alpha value is -4.16. The van der Waals surface area contributed by atoms with Gasteiger partial charge in [-0.2, -0.15) is 0 Å². The molecule has 2 aliphatic rings. The second kappa shape index (κ2) is 12.8. The topological polar surface area (TPSA) is 147 Å². The first-order valence-corrected chi connectivity index (χ1v) is 14.7. The minimum atomic E-state index is -0.172. The van der Waals surface area contributed by atoms with Crippen molar-refractivity contribution in [2.45, 2.75) is 12.5 Å². The highest BCUT2D eigenvalue weighted by atomic mass is 35.5. The molecule has 44 heavy (non-hydrogen) atoms. The van der Waals surface area contributed by atoms with Gasteiger partial charge in [0, 0.05) is 41.3 Å². The van der Waals surface area contributed by atoms with Crippen molar-refractivity contribution in [1.29, 1.82) is 0 Å². The van der Waals surface area contributed by atoms with Crippen molar-refractivity contribution in [3.8, 4) is 45.4 Å². The van der Waals surface area contributed by atoms with Crippen LogP contribution in [0.1, 0.15) is 17.8 Å². The average Bonchev–Trinajstić information content (AvgIpc) is 3.75. The predicted molar refractivity (Wildman–Crippen MR) is 169 cm³/mol. The van der Waals surface area contributed by atoms with E-state index in [0.29, 0.717) is 86.3 Å². The fraction of sp³-hybridized carbons (Fsp3) is 0.290. The number of hydrogen-bond donors (Lipinski definition) is 3. The molecule has 13 heteroatoms. The number of rotatable bonds is 9. The van der Waals surface area contributed by atoms with E-state index in [4.69, 9.17) is 37.7 Å². The number of aliphatic hydroxyl groups excluding tert-OH is 2. The third-order valence-corrected chi connectivity index (χ3v) is 8.33. The Balaban J connectivity index is 1.34. The van der Waals surface area contributed by atoms with Crippen LogP contribution in [0.5, 0.6) is 11.8 Å². The lowest BCUT2D eigenvalue weighted by Crippen LogP contribution is -2.34. The molecular formula is C31H29Cl2N7O4. The van der Waals surface area contributed by atoms with Gasteiger partial charge >= 0.3 is 0 Å². The van der Waals surface area contributed by atoms with Crippen molar-refractivity contribution in [3.05, 3.63) is 70.2 Å². The zero-order valence-corrected chi connectivity index (χ0v) is 25.5. The lowest BCUT2D eigenvalue weighted by atomic mass is 9.98. The lowest BCUT2D eigenvalue weighted by Gasteiger charge is -2.15. The van der Waals surface area contributed by atoms with E-state index in [1.165, 1.54) is 14.2 Å². The number of methoxy groups -OCH3 is 2. The molecule has 0 saturated heterocycles. The third kappa shape index (κ3) is 5.59. The molecular weight excluding hydrogens is 605 g/mol. The molecule has 2 aliphatic heterocycles. The van der Waals surface area contributed by atoms with Crippen LogP contribution in [-0.4, -0.2) is 88.3 Å². The molecule has 2 aromatic heterocycles. The molecule has 0 radical (unpaired) electrons. The number of aromatic nitrogens is 4. The van der Waals surface area contributed by atoms with Gasteiger partial charge in [-0.05, 0) is 6.42 Å². The summed E-state index contributed by atoms with van der Waals surface area (Å²) in [6.07, 6.45) is 3.87. The Morgan fingerprint density at radius 2 is 1.34 bits per heavy atom. The van der Waals surface area contributed by atoms with Crippen molar-refractivity contribution in [2.75, 3.05) is 40.5 Å². The van der Waals surface area contributed by atoms with Crippen LogP contribution < -0.4 is 14.8 Å². The molecule has 0 bridgehead atoms. The van der Waals surface area contributed by atoms with Crippen LogP contribution in [0.25, 0.3) is 33.6 Å². The normalized spacial score (nSPS) is 17.7. The van der Waals surface area contributed by atoms with Gasteiger partial charge in [0.05, 0.1) is 73.0 Å². The standard InChI is InChI=1S/C31H29Cl2N7O4/c1-43-30-27(22-9-16(14-41)10-34-22)35-12-23(39-30)20-7-3-5-18(25(20)32)19-6-4-8-21(26(19)33)24-13-36-28(31(40-24)44-2)29-37-11-17(15-42)38-29/h3-8,12-13,16-17,41-42H,9-11,14-15H2,1-2H3,(H,37,38)/t16-,17-/m1/s1. The van der Waals surface area contributed by atoms with E-state index in [9.17, 15) is 10.2 Å². The molecule has 11 nitrogen and oxygen atoms in total. The first-order valence-electron chi connectivity index (χ1n) is 13.9. The molecule has 4 aromatic rings. The summed E-state index contributed by atoms with van der Waals surface area (Å²) < 4.78 is 11.1. The molecule has 3 N–H and O–H groups in total. The smallest absolute Gasteiger partial charge is 0.244 e. The molecule has 2 atom stereocenters. The molecule has 0 unspecified atom stereocenters. The Morgan fingerprint density at radius 3 is 1.86 bits per heavy atom. The van der Waals surface area contributed by atoms with Gasteiger partial charge < -0.3 is 25.0 Å². The first-order chi connectivity index (χ1) is 21.4. The number of nitrogens with zero attached hydrogens (tertiary/aromatic N) is 6. The number of nitrogens with one attached hydrogen (secondary N) is 1. The van der Waals surface area contributed by atoms with E-state index in [2.05, 4.69) is 30.3 Å². The van der Waals surface area contributed by atoms with Crippen molar-refractivity contribution >= 4 is 34.7 Å². The van der Waals surface area contributed by atoms with E-state index in [0.717, 1.165) is 5.71 Å². The maximum Gasteiger partial charge on any atom is 0.244 e. The van der Waals surface area contributed by atoms with Crippen molar-refractivity contribution in [2.24, 2.45) is 15.9 Å². The number of ether oxygens (including phenoxy) is 2. The summed E-state index contributed by atoms with van der Waals surface area (Å²) >= 11 is 14.0. The predicted octanol–water partition coefficient (Wildman–Crippen LogP) is 4.10. The van der Waals surface area contributed by atoms with Crippen LogP contribution in [0.15, 0.2) is 58.8 Å². The van der Waals surface area contributed by atoms with E-state index in [1.807, 2.05) is 36.4 Å². The fourth-order valence-electron chi connectivity index (χ4n) is 5.19. The summed E-state index contributed by atoms with van der Waals surface area (Å²) in [5, 5.41) is 23.0. The monoisotopic (exact) mass is 633 g/mol. The Kier molecular flexibility index (Phi) is 8.72. The van der Waals surface area contributed by atoms with E-state index >= 15 is 0 Å². The van der Waals surface area contributed by atoms with Gasteiger partial charge in [-0.25, -0.2) is 19.9 Å². The number of amidine groups is 1. The molecule has 4 heterocycles. The van der Waals surface area contributed by atoms with Crippen LogP contribution in [0.4, 0.5) is 0 Å². The largest absolute Gasteiger partial charge is 0.479 e. The Labute approximate surface area is 263 Å². The second-order valence-corrected chi connectivity index (χ2v) is 11.1. The van der Waals surface area contributed by atoms with Gasteiger partial charge in [-0.1, -0.05) is 59.6 Å². The van der Waals surface area contributed by atoms with Gasteiger partial charge in [-0.3, -0.25) is 9.98 Å². The summed E-state index contributed by atoms with van der Waals surface area (Å²) in [4.78, 5) is 27.5. The van der Waals surface area contributed by atoms with Gasteiger partial charge in [-0.15, -0.1) is 0 Å². The second-order valence-electron chi connectivity index (χ2n) is 10.3. The minimum Gasteiger partial charge on any atom is -0.479 e. The summed E-state index contributed by atoms with van der Waals surface area (Å²) in [6.45, 7) is 1.01. The van der Waals surface area contributed by atoms with Gasteiger partial charge in [0.1, 0.15) is 5.69 Å². The van der Waals surface area contributed by atoms with Crippen LogP contribution >= 0.6 is 23.2 Å². The van der Waals surface area contributed by atoms with Crippen LogP contribution in [0, 0.1) is 5.92 Å². The fourth-order valence-corrected chi connectivity index (χ4v) is 5.84. The zero-order valence-electron chi connectivity index (χ0n) is 24.0. The number of benzene rings is 2. The Morgan fingerprint density at radius 1 is 0.773 bits per heavy atom. The highest BCUT2D eigenvalue weighted by Gasteiger charge is 2.26. The molecule has 226 valence electrons. The van der Waals surface area contributed by atoms with Gasteiger partial charge in [0.2, 0.25) is 11.8 Å². The number of aliphatic hydroxyl groups is 2. The molecule has 0 spiro atoms. The molecule has 0 amide bonds. The highest BCUT2D eigenvalue weighted by Crippen LogP contribution is 2.42. The lowest BCUT2D eigenvalue weighted by molar-refractivity contribution is 0.240. The quantitative estimate of drug-likeness (QED) is 0.248. The van der Waals surface area contributed by atoms with Gasteiger partial charge in [0.15, 0.2) is 11.5 Å². The molecule has 0 fully saturated rings. The maximum atomic E-state index is 9.50. The zero-order chi connectivity index (χ0) is 30.8. The summed E-state index contributed by atoms with van der Waals surface area (Å²) in [6, 6.07) is 11.0. The molecule has 6 rings (SSSR count). The highest BCUT2D eigenvalue weighted by molar-refractivity contribution is 6.39. The maximum absolute atomic E-state index is 9.50. The minimum absolute atomic E-state index is 0.0417. The molecule has 2 aromatic carbocycles. The number of halogens is 2. The van der Waals surface area contributed by atoms with Crippen LogP contribution in [0.3, 0.4) is 0 Å². The van der Waals surface area contributed by atoms with Crippen molar-refractivity contribution in [1.82, 2.24) is 25.3 Å². The summed E-state index contributed by atoms with van der Waals surface area (Å²) in [5.41, 5.74) is 5.49. The third-order valence-electron chi connectivity index (χ3n) is 7.52. The summed E-state index contributed by atoms with van der Waals surface area (Å²) in [7, 11) is 3.05. The van der Waals surface area contributed by atoms with Crippen LogP contribution in [-0.2, 0) is 0 Å². The van der Waals surface area contributed by atoms with E-state index in [1.54, 1.807) is 12.4 Å². The Bertz CT molecular complexity index is 1650. The van der Waals surface area contributed by atoms with Crippen molar-refractivity contribution in [3.63, 3.8) is 0 Å². The van der Waals surface area contributed by atoms with Crippen LogP contribution in [0.2, 0.25) is 10.0 Å². The number of aliphatic imine (C=N–C) groups is 2.